The van der Waals surface area contributed by atoms with Gasteiger partial charge in [-0.05, 0) is 33.6 Å². The smallest absolute Gasteiger partial charge is 0.251 e. The Morgan fingerprint density at radius 2 is 1.92 bits per heavy atom. The summed E-state index contributed by atoms with van der Waals surface area (Å²) in [5.74, 6) is 1.25. The Morgan fingerprint density at radius 3 is 2.38 bits per heavy atom. The van der Waals surface area contributed by atoms with Gasteiger partial charge in [-0.3, -0.25) is 14.1 Å². The maximum absolute atomic E-state index is 12.4. The zero-order valence-corrected chi connectivity index (χ0v) is 18.1. The molecule has 1 heterocycles. The minimum absolute atomic E-state index is 0. The second-order valence-electron chi connectivity index (χ2n) is 6.77. The fourth-order valence-corrected chi connectivity index (χ4v) is 3.31. The van der Waals surface area contributed by atoms with Crippen LogP contribution in [-0.2, 0) is 10.8 Å². The van der Waals surface area contributed by atoms with Crippen molar-refractivity contribution in [1.29, 1.82) is 0 Å². The van der Waals surface area contributed by atoms with Crippen LogP contribution in [-0.4, -0.2) is 71.3 Å². The van der Waals surface area contributed by atoms with E-state index in [1.54, 1.807) is 11.9 Å². The molecule has 0 aliphatic carbocycles. The number of aliphatic imine (C=N–C) groups is 1. The summed E-state index contributed by atoms with van der Waals surface area (Å²) in [7, 11) is 0.800. The first-order valence-corrected chi connectivity index (χ1v) is 9.40. The van der Waals surface area contributed by atoms with Crippen molar-refractivity contribution in [2.75, 3.05) is 39.0 Å². The maximum Gasteiger partial charge on any atom is 0.251 e. The predicted molar refractivity (Wildman–Crippen MR) is 108 cm³/mol. The second-order valence-corrected chi connectivity index (χ2v) is 9.10. The van der Waals surface area contributed by atoms with E-state index in [2.05, 4.69) is 15.6 Å². The van der Waals surface area contributed by atoms with Crippen molar-refractivity contribution in [3.8, 4) is 0 Å². The number of alkyl halides is 2. The van der Waals surface area contributed by atoms with E-state index in [0.717, 1.165) is 12.8 Å². The van der Waals surface area contributed by atoms with E-state index in [4.69, 9.17) is 0 Å². The molecule has 1 atom stereocenters. The molecule has 0 aromatic carbocycles. The van der Waals surface area contributed by atoms with Gasteiger partial charge in [-0.2, -0.15) is 0 Å². The normalized spacial score (nSPS) is 19.0. The van der Waals surface area contributed by atoms with E-state index in [0.29, 0.717) is 31.3 Å². The average molecular weight is 480 g/mol. The number of halogens is 3. The highest BCUT2D eigenvalue weighted by molar-refractivity contribution is 14.0. The molecule has 9 heteroatoms. The zero-order valence-electron chi connectivity index (χ0n) is 15.0. The highest BCUT2D eigenvalue weighted by Crippen LogP contribution is 2.12. The van der Waals surface area contributed by atoms with E-state index >= 15 is 0 Å². The number of nitrogens with zero attached hydrogens (tertiary/aromatic N) is 2. The van der Waals surface area contributed by atoms with Crippen molar-refractivity contribution >= 4 is 40.7 Å². The Morgan fingerprint density at radius 1 is 1.33 bits per heavy atom. The average Bonchev–Trinajstić information content (AvgIpc) is 2.46. The fraction of sp³-hybridized carbons (Fsp3) is 0.933. The lowest BCUT2D eigenvalue weighted by atomic mass is 10.1. The highest BCUT2D eigenvalue weighted by atomic mass is 127. The standard InChI is InChI=1S/C15H30F2N4OS.HI/c1-15(2,3)23(22)10-7-19-14(18-4)20-12-5-8-21(9-6-12)11-13(16)17;/h12-13H,5-11H2,1-4H3,(H2,18,19,20);1H. The fourth-order valence-electron chi connectivity index (χ4n) is 2.41. The van der Waals surface area contributed by atoms with E-state index < -0.39 is 17.2 Å². The van der Waals surface area contributed by atoms with Crippen molar-refractivity contribution in [2.24, 2.45) is 4.99 Å². The molecule has 1 rings (SSSR count). The van der Waals surface area contributed by atoms with Gasteiger partial charge in [0.1, 0.15) is 0 Å². The minimum Gasteiger partial charge on any atom is -0.355 e. The van der Waals surface area contributed by atoms with Crippen LogP contribution in [0.3, 0.4) is 0 Å². The van der Waals surface area contributed by atoms with Crippen molar-refractivity contribution in [3.05, 3.63) is 0 Å². The number of hydrogen-bond donors (Lipinski definition) is 2. The molecule has 1 fully saturated rings. The van der Waals surface area contributed by atoms with Crippen LogP contribution < -0.4 is 10.6 Å². The maximum atomic E-state index is 12.4. The van der Waals surface area contributed by atoms with Crippen LogP contribution in [0, 0.1) is 0 Å². The van der Waals surface area contributed by atoms with Gasteiger partial charge in [-0.1, -0.05) is 0 Å². The molecular weight excluding hydrogens is 449 g/mol. The molecule has 1 saturated heterocycles. The first-order valence-electron chi connectivity index (χ1n) is 8.08. The molecular formula is C15H31F2IN4OS. The Hall–Kier alpha value is -0.0300. The molecule has 0 bridgehead atoms. The van der Waals surface area contributed by atoms with Gasteiger partial charge < -0.3 is 10.6 Å². The number of likely N-dealkylation sites (tertiary alicyclic amines) is 1. The molecule has 144 valence electrons. The minimum atomic E-state index is -2.27. The molecule has 5 nitrogen and oxygen atoms in total. The van der Waals surface area contributed by atoms with Crippen molar-refractivity contribution in [1.82, 2.24) is 15.5 Å². The topological polar surface area (TPSA) is 56.7 Å². The van der Waals surface area contributed by atoms with Crippen LogP contribution in [0.25, 0.3) is 0 Å². The van der Waals surface area contributed by atoms with Gasteiger partial charge in [0.05, 0.1) is 6.54 Å². The third kappa shape index (κ3) is 9.45. The number of rotatable bonds is 6. The summed E-state index contributed by atoms with van der Waals surface area (Å²) in [6.45, 7) is 7.68. The number of nitrogens with one attached hydrogen (secondary N) is 2. The van der Waals surface area contributed by atoms with Crippen molar-refractivity contribution in [3.63, 3.8) is 0 Å². The largest absolute Gasteiger partial charge is 0.355 e. The molecule has 1 aliphatic rings. The molecule has 0 radical (unpaired) electrons. The first kappa shape index (κ1) is 24.0. The summed E-state index contributed by atoms with van der Waals surface area (Å²) in [6.07, 6.45) is -0.625. The lowest BCUT2D eigenvalue weighted by molar-refractivity contribution is 0.0744. The van der Waals surface area contributed by atoms with E-state index in [-0.39, 0.29) is 41.3 Å². The van der Waals surface area contributed by atoms with Gasteiger partial charge in [-0.25, -0.2) is 8.78 Å². The third-order valence-corrected chi connectivity index (χ3v) is 5.75. The van der Waals surface area contributed by atoms with Crippen LogP contribution in [0.5, 0.6) is 0 Å². The van der Waals surface area contributed by atoms with Gasteiger partial charge in [0.25, 0.3) is 6.43 Å². The van der Waals surface area contributed by atoms with Gasteiger partial charge in [0, 0.05) is 54.0 Å². The molecule has 2 N–H and O–H groups in total. The number of hydrogen-bond acceptors (Lipinski definition) is 3. The van der Waals surface area contributed by atoms with E-state index in [1.165, 1.54) is 0 Å². The Balaban J connectivity index is 0.00000529. The van der Waals surface area contributed by atoms with Gasteiger partial charge in [-0.15, -0.1) is 24.0 Å². The lowest BCUT2D eigenvalue weighted by Crippen LogP contribution is -2.50. The van der Waals surface area contributed by atoms with Crippen LogP contribution in [0.2, 0.25) is 0 Å². The molecule has 24 heavy (non-hydrogen) atoms. The summed E-state index contributed by atoms with van der Waals surface area (Å²) < 4.78 is 36.5. The molecule has 1 aliphatic heterocycles. The SMILES string of the molecule is CN=C(NCCS(=O)C(C)(C)C)NC1CCN(CC(F)F)CC1.I. The Kier molecular flexibility index (Phi) is 11.5. The van der Waals surface area contributed by atoms with Crippen LogP contribution in [0.1, 0.15) is 33.6 Å². The predicted octanol–water partition coefficient (Wildman–Crippen LogP) is 2.05. The first-order chi connectivity index (χ1) is 10.7. The highest BCUT2D eigenvalue weighted by Gasteiger charge is 2.22. The summed E-state index contributed by atoms with van der Waals surface area (Å²) in [6, 6.07) is 0.239. The summed E-state index contributed by atoms with van der Waals surface area (Å²) in [5, 5.41) is 6.49. The van der Waals surface area contributed by atoms with Crippen LogP contribution >= 0.6 is 24.0 Å². The lowest BCUT2D eigenvalue weighted by Gasteiger charge is -2.32. The molecule has 0 spiro atoms. The van der Waals surface area contributed by atoms with Crippen molar-refractivity contribution < 1.29 is 13.0 Å². The molecule has 0 amide bonds. The van der Waals surface area contributed by atoms with Crippen molar-refractivity contribution in [2.45, 2.75) is 50.8 Å². The molecule has 0 saturated carbocycles. The molecule has 0 aromatic heterocycles. The van der Waals surface area contributed by atoms with Gasteiger partial charge in [0.15, 0.2) is 5.96 Å². The Bertz CT molecular complexity index is 411. The van der Waals surface area contributed by atoms with Crippen LogP contribution in [0.4, 0.5) is 8.78 Å². The summed E-state index contributed by atoms with van der Waals surface area (Å²) in [4.78, 5) is 5.97. The summed E-state index contributed by atoms with van der Waals surface area (Å²) >= 11 is 0. The Labute approximate surface area is 163 Å². The third-order valence-electron chi connectivity index (χ3n) is 3.81. The second kappa shape index (κ2) is 11.6. The zero-order chi connectivity index (χ0) is 17.5. The van der Waals surface area contributed by atoms with Crippen LogP contribution in [0.15, 0.2) is 4.99 Å². The monoisotopic (exact) mass is 480 g/mol. The number of guanidine groups is 1. The van der Waals surface area contributed by atoms with E-state index in [9.17, 15) is 13.0 Å². The quantitative estimate of drug-likeness (QED) is 0.347. The van der Waals surface area contributed by atoms with Gasteiger partial charge in [0.2, 0.25) is 0 Å². The number of piperidine rings is 1. The van der Waals surface area contributed by atoms with E-state index in [1.807, 2.05) is 20.8 Å². The molecule has 1 unspecified atom stereocenters. The summed E-state index contributed by atoms with van der Waals surface area (Å²) in [5.41, 5.74) is 0. The van der Waals surface area contributed by atoms with Gasteiger partial charge >= 0.3 is 0 Å². The molecule has 0 aromatic rings.